The molecule has 7 heteroatoms. The van der Waals surface area contributed by atoms with Crippen LogP contribution in [0.5, 0.6) is 0 Å². The molecule has 3 fully saturated rings. The standard InChI is InChI=1S/C23H31N5O2/c29-22(25-10-3-4-11-25)18-6-5-12-27(17-18)19-8-14-26(15-9-19)23(30)20-16-24-21-7-1-2-13-28(20)21/h1-2,7,13,16,18-19H,3-6,8-12,14-15,17H2. The predicted octanol–water partition coefficient (Wildman–Crippen LogP) is 2.27. The molecule has 0 bridgehead atoms. The van der Waals surface area contributed by atoms with Gasteiger partial charge in [0, 0.05) is 45.0 Å². The fourth-order valence-electron chi connectivity index (χ4n) is 5.42. The van der Waals surface area contributed by atoms with Crippen LogP contribution < -0.4 is 0 Å². The first kappa shape index (κ1) is 19.5. The minimum absolute atomic E-state index is 0.0629. The van der Waals surface area contributed by atoms with Crippen LogP contribution in [-0.2, 0) is 4.79 Å². The second kappa shape index (κ2) is 8.38. The Kier molecular flexibility index (Phi) is 5.46. The SMILES string of the molecule is O=C(c1cnc2ccccn12)N1CCC(N2CCCC(C(=O)N3CCCC3)C2)CC1. The van der Waals surface area contributed by atoms with E-state index in [-0.39, 0.29) is 11.8 Å². The van der Waals surface area contributed by atoms with Crippen LogP contribution in [0.1, 0.15) is 49.0 Å². The van der Waals surface area contributed by atoms with Crippen LogP contribution in [0.3, 0.4) is 0 Å². The normalized spacial score (nSPS) is 23.9. The van der Waals surface area contributed by atoms with E-state index in [0.29, 0.717) is 17.6 Å². The summed E-state index contributed by atoms with van der Waals surface area (Å²) in [7, 11) is 0. The molecule has 1 atom stereocenters. The van der Waals surface area contributed by atoms with Gasteiger partial charge in [-0.2, -0.15) is 0 Å². The lowest BCUT2D eigenvalue weighted by Crippen LogP contribution is -2.51. The molecule has 3 saturated heterocycles. The minimum Gasteiger partial charge on any atom is -0.342 e. The fourth-order valence-corrected chi connectivity index (χ4v) is 5.42. The summed E-state index contributed by atoms with van der Waals surface area (Å²) >= 11 is 0. The average Bonchev–Trinajstić information content (AvgIpc) is 3.49. The molecule has 160 valence electrons. The lowest BCUT2D eigenvalue weighted by molar-refractivity contribution is -0.136. The largest absolute Gasteiger partial charge is 0.342 e. The number of likely N-dealkylation sites (tertiary alicyclic amines) is 3. The van der Waals surface area contributed by atoms with E-state index in [1.54, 1.807) is 6.20 Å². The number of hydrogen-bond donors (Lipinski definition) is 0. The molecule has 2 aromatic rings. The van der Waals surface area contributed by atoms with E-state index in [0.717, 1.165) is 83.4 Å². The molecule has 0 spiro atoms. The van der Waals surface area contributed by atoms with Gasteiger partial charge in [-0.05, 0) is 57.2 Å². The molecule has 1 unspecified atom stereocenters. The number of aromatic nitrogens is 2. The van der Waals surface area contributed by atoms with Crippen molar-refractivity contribution in [3.8, 4) is 0 Å². The van der Waals surface area contributed by atoms with E-state index in [1.165, 1.54) is 0 Å². The smallest absolute Gasteiger partial charge is 0.272 e. The van der Waals surface area contributed by atoms with Crippen molar-refractivity contribution < 1.29 is 9.59 Å². The molecule has 0 saturated carbocycles. The van der Waals surface area contributed by atoms with E-state index in [2.05, 4.69) is 14.8 Å². The molecule has 5 heterocycles. The van der Waals surface area contributed by atoms with E-state index >= 15 is 0 Å². The van der Waals surface area contributed by atoms with Crippen LogP contribution in [0, 0.1) is 5.92 Å². The third kappa shape index (κ3) is 3.71. The summed E-state index contributed by atoms with van der Waals surface area (Å²) in [5, 5.41) is 0. The van der Waals surface area contributed by atoms with Crippen molar-refractivity contribution in [2.45, 2.75) is 44.6 Å². The second-order valence-electron chi connectivity index (χ2n) is 8.96. The summed E-state index contributed by atoms with van der Waals surface area (Å²) in [4.78, 5) is 36.8. The Morgan fingerprint density at radius 3 is 2.50 bits per heavy atom. The van der Waals surface area contributed by atoms with Crippen molar-refractivity contribution >= 4 is 17.5 Å². The summed E-state index contributed by atoms with van der Waals surface area (Å²) < 4.78 is 1.87. The van der Waals surface area contributed by atoms with Crippen molar-refractivity contribution in [2.75, 3.05) is 39.3 Å². The highest BCUT2D eigenvalue weighted by Gasteiger charge is 2.35. The maximum atomic E-state index is 13.0. The number of pyridine rings is 1. The van der Waals surface area contributed by atoms with Gasteiger partial charge < -0.3 is 9.80 Å². The quantitative estimate of drug-likeness (QED) is 0.780. The Balaban J connectivity index is 1.18. The average molecular weight is 410 g/mol. The number of amides is 2. The zero-order chi connectivity index (χ0) is 20.5. The van der Waals surface area contributed by atoms with E-state index in [1.807, 2.05) is 33.7 Å². The van der Waals surface area contributed by atoms with Gasteiger partial charge in [0.1, 0.15) is 11.3 Å². The highest BCUT2D eigenvalue weighted by Crippen LogP contribution is 2.26. The first-order valence-electron chi connectivity index (χ1n) is 11.4. The fraction of sp³-hybridized carbons (Fsp3) is 0.609. The second-order valence-corrected chi connectivity index (χ2v) is 8.96. The summed E-state index contributed by atoms with van der Waals surface area (Å²) in [5.41, 5.74) is 1.44. The molecule has 3 aliphatic rings. The number of carbonyl (C=O) groups is 2. The van der Waals surface area contributed by atoms with Gasteiger partial charge in [-0.1, -0.05) is 6.07 Å². The third-order valence-corrected chi connectivity index (χ3v) is 7.12. The zero-order valence-electron chi connectivity index (χ0n) is 17.6. The molecule has 3 aliphatic heterocycles. The third-order valence-electron chi connectivity index (χ3n) is 7.12. The molecule has 0 aromatic carbocycles. The topological polar surface area (TPSA) is 61.2 Å². The van der Waals surface area contributed by atoms with Crippen LogP contribution in [0.15, 0.2) is 30.6 Å². The summed E-state index contributed by atoms with van der Waals surface area (Å²) in [6, 6.07) is 6.25. The van der Waals surface area contributed by atoms with E-state index in [4.69, 9.17) is 0 Å². The first-order valence-corrected chi connectivity index (χ1v) is 11.4. The number of carbonyl (C=O) groups excluding carboxylic acids is 2. The molecule has 0 N–H and O–H groups in total. The lowest BCUT2D eigenvalue weighted by atomic mass is 9.93. The van der Waals surface area contributed by atoms with Gasteiger partial charge in [0.15, 0.2) is 0 Å². The van der Waals surface area contributed by atoms with Crippen LogP contribution in [0.2, 0.25) is 0 Å². The molecule has 5 rings (SSSR count). The van der Waals surface area contributed by atoms with Gasteiger partial charge in [0.05, 0.1) is 12.1 Å². The predicted molar refractivity (Wildman–Crippen MR) is 114 cm³/mol. The lowest BCUT2D eigenvalue weighted by Gasteiger charge is -2.42. The molecular formula is C23H31N5O2. The highest BCUT2D eigenvalue weighted by molar-refractivity contribution is 5.93. The molecule has 7 nitrogen and oxygen atoms in total. The van der Waals surface area contributed by atoms with Crippen LogP contribution in [0.4, 0.5) is 0 Å². The first-order chi connectivity index (χ1) is 14.7. The summed E-state index contributed by atoms with van der Waals surface area (Å²) in [5.74, 6) is 0.597. The molecule has 2 aromatic heterocycles. The maximum absolute atomic E-state index is 13.0. The maximum Gasteiger partial charge on any atom is 0.272 e. The zero-order valence-corrected chi connectivity index (χ0v) is 17.6. The number of piperidine rings is 2. The summed E-state index contributed by atoms with van der Waals surface area (Å²) in [6.45, 7) is 5.39. The number of hydrogen-bond acceptors (Lipinski definition) is 4. The van der Waals surface area contributed by atoms with E-state index in [9.17, 15) is 9.59 Å². The van der Waals surface area contributed by atoms with Gasteiger partial charge in [-0.3, -0.25) is 18.9 Å². The number of nitrogens with zero attached hydrogens (tertiary/aromatic N) is 5. The van der Waals surface area contributed by atoms with Crippen LogP contribution in [0.25, 0.3) is 5.65 Å². The van der Waals surface area contributed by atoms with Crippen molar-refractivity contribution in [1.82, 2.24) is 24.1 Å². The van der Waals surface area contributed by atoms with Crippen molar-refractivity contribution in [2.24, 2.45) is 5.92 Å². The molecule has 2 amide bonds. The molecule has 0 radical (unpaired) electrons. The monoisotopic (exact) mass is 409 g/mol. The van der Waals surface area contributed by atoms with Crippen LogP contribution in [-0.4, -0.2) is 81.2 Å². The Bertz CT molecular complexity index is 911. The van der Waals surface area contributed by atoms with Crippen LogP contribution >= 0.6 is 0 Å². The Morgan fingerprint density at radius 1 is 0.900 bits per heavy atom. The molecule has 0 aliphatic carbocycles. The number of fused-ring (bicyclic) bond motifs is 1. The van der Waals surface area contributed by atoms with Crippen molar-refractivity contribution in [3.63, 3.8) is 0 Å². The Labute approximate surface area is 177 Å². The van der Waals surface area contributed by atoms with E-state index < -0.39 is 0 Å². The Hall–Kier alpha value is -2.41. The van der Waals surface area contributed by atoms with Gasteiger partial charge >= 0.3 is 0 Å². The summed E-state index contributed by atoms with van der Waals surface area (Å²) in [6.07, 6.45) is 9.97. The molecular weight excluding hydrogens is 378 g/mol. The number of rotatable bonds is 3. The van der Waals surface area contributed by atoms with Crippen molar-refractivity contribution in [3.05, 3.63) is 36.3 Å². The number of imidazole rings is 1. The van der Waals surface area contributed by atoms with Gasteiger partial charge in [-0.25, -0.2) is 4.98 Å². The highest BCUT2D eigenvalue weighted by atomic mass is 16.2. The van der Waals surface area contributed by atoms with Gasteiger partial charge in [0.2, 0.25) is 5.91 Å². The van der Waals surface area contributed by atoms with Gasteiger partial charge in [0.25, 0.3) is 5.91 Å². The van der Waals surface area contributed by atoms with Gasteiger partial charge in [-0.15, -0.1) is 0 Å². The molecule has 30 heavy (non-hydrogen) atoms. The van der Waals surface area contributed by atoms with Crippen molar-refractivity contribution in [1.29, 1.82) is 0 Å². The minimum atomic E-state index is 0.0629. The Morgan fingerprint density at radius 2 is 1.70 bits per heavy atom.